The Morgan fingerprint density at radius 3 is 0.886 bits per heavy atom. The minimum atomic E-state index is -0.161. The molecule has 6 aromatic rings. The molecular formula is C62H74N2O6. The first-order valence-electron chi connectivity index (χ1n) is 24.9. The van der Waals surface area contributed by atoms with Crippen LogP contribution in [0.1, 0.15) is 150 Å². The SMILES string of the molecule is COc1c2cc(C(C)(C)C)cc1Cc1cc(C(C)(C)C)cc3c1OCCOc1ccccc1N=Nc1ccccc1OCCOc1c(cc(C(C)(C)C)cc1Cc1cc(C(C)(C)C)cc(c1OC)C3)C2. The van der Waals surface area contributed by atoms with E-state index in [0.717, 1.165) is 67.5 Å². The zero-order valence-corrected chi connectivity index (χ0v) is 44.2. The van der Waals surface area contributed by atoms with Crippen molar-refractivity contribution in [1.82, 2.24) is 0 Å². The standard InChI is InChI=1S/C62H74N2O6/c1-59(2,3)47-31-39-27-43-35-49(61(7,8)9)37-45-29-41-33-48(60(4,5)6)34-42(56(41)66-14)30-46-38-50(62(10,11)12)36-44(28-40(32-47)55(39)65-13)58(46)70-26-24-68-54-22-18-16-20-52(54)64-63-51-19-15-17-21-53(51)67-23-25-69-57(43)45/h15-22,31-38H,23-30H2,1-14H3. The van der Waals surface area contributed by atoms with Crippen molar-refractivity contribution < 1.29 is 28.4 Å². The predicted molar refractivity (Wildman–Crippen MR) is 284 cm³/mol. The molecular weight excluding hydrogens is 869 g/mol. The van der Waals surface area contributed by atoms with Crippen molar-refractivity contribution in [2.45, 2.75) is 130 Å². The first-order valence-corrected chi connectivity index (χ1v) is 24.9. The van der Waals surface area contributed by atoms with Crippen LogP contribution in [0.3, 0.4) is 0 Å². The molecule has 0 fully saturated rings. The van der Waals surface area contributed by atoms with E-state index in [1.54, 1.807) is 14.2 Å². The Bertz CT molecular complexity index is 2610. The minimum Gasteiger partial charge on any atom is -0.496 e. The van der Waals surface area contributed by atoms with Gasteiger partial charge in [-0.3, -0.25) is 0 Å². The summed E-state index contributed by atoms with van der Waals surface area (Å²) in [6.45, 7) is 28.6. The summed E-state index contributed by atoms with van der Waals surface area (Å²) in [5.74, 6) is 4.65. The normalized spacial score (nSPS) is 14.7. The van der Waals surface area contributed by atoms with Crippen LogP contribution in [-0.2, 0) is 47.3 Å². The summed E-state index contributed by atoms with van der Waals surface area (Å²) in [7, 11) is 3.61. The summed E-state index contributed by atoms with van der Waals surface area (Å²) in [5, 5.41) is 9.35. The fourth-order valence-corrected chi connectivity index (χ4v) is 9.54. The van der Waals surface area contributed by atoms with E-state index >= 15 is 0 Å². The van der Waals surface area contributed by atoms with Crippen LogP contribution in [0, 0.1) is 0 Å². The van der Waals surface area contributed by atoms with Crippen molar-refractivity contribution in [2.24, 2.45) is 10.2 Å². The van der Waals surface area contributed by atoms with Crippen LogP contribution < -0.4 is 28.4 Å². The van der Waals surface area contributed by atoms with E-state index < -0.39 is 0 Å². The highest BCUT2D eigenvalue weighted by Gasteiger charge is 2.29. The lowest BCUT2D eigenvalue weighted by atomic mass is 9.79. The highest BCUT2D eigenvalue weighted by atomic mass is 16.5. The van der Waals surface area contributed by atoms with E-state index in [4.69, 9.17) is 28.4 Å². The zero-order valence-electron chi connectivity index (χ0n) is 44.2. The third-order valence-electron chi connectivity index (χ3n) is 13.5. The average Bonchev–Trinajstić information content (AvgIpc) is 3.28. The molecule has 3 aliphatic rings. The molecule has 2 heterocycles. The quantitative estimate of drug-likeness (QED) is 0.172. The van der Waals surface area contributed by atoms with E-state index in [1.807, 2.05) is 48.5 Å². The number of hydrogen-bond acceptors (Lipinski definition) is 8. The number of ether oxygens (including phenoxy) is 6. The second-order valence-electron chi connectivity index (χ2n) is 23.1. The summed E-state index contributed by atoms with van der Waals surface area (Å²) in [6.07, 6.45) is 2.31. The molecule has 70 heavy (non-hydrogen) atoms. The molecule has 10 bridgehead atoms. The molecule has 6 aromatic carbocycles. The van der Waals surface area contributed by atoms with E-state index in [1.165, 1.54) is 22.3 Å². The number of fused-ring (bicyclic) bond motifs is 6. The molecule has 0 aromatic heterocycles. The van der Waals surface area contributed by atoms with E-state index in [-0.39, 0.29) is 34.9 Å². The Morgan fingerprint density at radius 2 is 0.614 bits per heavy atom. The van der Waals surface area contributed by atoms with Gasteiger partial charge < -0.3 is 28.4 Å². The molecule has 0 spiro atoms. The topological polar surface area (TPSA) is 80.1 Å². The highest BCUT2D eigenvalue weighted by Crippen LogP contribution is 2.45. The first-order chi connectivity index (χ1) is 33.1. The molecule has 8 heteroatoms. The Kier molecular flexibility index (Phi) is 14.2. The fraction of sp³-hybridized carbons (Fsp3) is 0.419. The summed E-state index contributed by atoms with van der Waals surface area (Å²) >= 11 is 0. The van der Waals surface area contributed by atoms with Crippen LogP contribution in [0.5, 0.6) is 34.5 Å². The molecule has 0 atom stereocenters. The van der Waals surface area contributed by atoms with Gasteiger partial charge in [-0.05, 0) is 113 Å². The van der Waals surface area contributed by atoms with Crippen LogP contribution in [0.4, 0.5) is 11.4 Å². The summed E-state index contributed by atoms with van der Waals surface area (Å²) < 4.78 is 40.4. The van der Waals surface area contributed by atoms with Crippen LogP contribution in [0.15, 0.2) is 107 Å². The van der Waals surface area contributed by atoms with Crippen molar-refractivity contribution in [3.8, 4) is 34.5 Å². The van der Waals surface area contributed by atoms with Gasteiger partial charge in [-0.15, -0.1) is 10.2 Å². The first kappa shape index (κ1) is 50.1. The van der Waals surface area contributed by atoms with Crippen molar-refractivity contribution in [2.75, 3.05) is 40.6 Å². The van der Waals surface area contributed by atoms with Gasteiger partial charge in [0.25, 0.3) is 0 Å². The molecule has 0 radical (unpaired) electrons. The third kappa shape index (κ3) is 11.2. The van der Waals surface area contributed by atoms with Crippen LogP contribution >= 0.6 is 0 Å². The smallest absolute Gasteiger partial charge is 0.146 e. The van der Waals surface area contributed by atoms with Crippen molar-refractivity contribution >= 4 is 11.4 Å². The number of azo groups is 1. The maximum atomic E-state index is 7.11. The van der Waals surface area contributed by atoms with Crippen molar-refractivity contribution in [3.05, 3.63) is 164 Å². The number of para-hydroxylation sites is 2. The Morgan fingerprint density at radius 1 is 0.357 bits per heavy atom. The maximum absolute atomic E-state index is 7.11. The second-order valence-corrected chi connectivity index (χ2v) is 23.1. The third-order valence-corrected chi connectivity index (χ3v) is 13.5. The molecule has 8 nitrogen and oxygen atoms in total. The molecule has 368 valence electrons. The number of benzene rings is 6. The van der Waals surface area contributed by atoms with Gasteiger partial charge in [-0.25, -0.2) is 0 Å². The van der Waals surface area contributed by atoms with Crippen LogP contribution in [0.25, 0.3) is 0 Å². The lowest BCUT2D eigenvalue weighted by molar-refractivity contribution is 0.215. The predicted octanol–water partition coefficient (Wildman–Crippen LogP) is 15.2. The Balaban J connectivity index is 1.46. The lowest BCUT2D eigenvalue weighted by Gasteiger charge is -2.29. The highest BCUT2D eigenvalue weighted by molar-refractivity contribution is 5.60. The minimum absolute atomic E-state index is 0.153. The molecule has 0 N–H and O–H groups in total. The Hall–Kier alpha value is -6.28. The molecule has 1 aliphatic carbocycles. The van der Waals surface area contributed by atoms with E-state index in [0.29, 0.717) is 61.8 Å². The van der Waals surface area contributed by atoms with Gasteiger partial charge in [0.1, 0.15) is 72.3 Å². The molecule has 0 saturated heterocycles. The average molecular weight is 943 g/mol. The number of nitrogens with zero attached hydrogens (tertiary/aromatic N) is 2. The zero-order chi connectivity index (χ0) is 50.2. The largest absolute Gasteiger partial charge is 0.496 e. The Labute approximate surface area is 417 Å². The van der Waals surface area contributed by atoms with Gasteiger partial charge in [0.15, 0.2) is 0 Å². The molecule has 0 amide bonds. The van der Waals surface area contributed by atoms with Gasteiger partial charge in [0.05, 0.1) is 14.2 Å². The maximum Gasteiger partial charge on any atom is 0.146 e. The van der Waals surface area contributed by atoms with Gasteiger partial charge in [-0.2, -0.15) is 0 Å². The summed E-state index contributed by atoms with van der Waals surface area (Å²) in [6, 6.07) is 34.2. The summed E-state index contributed by atoms with van der Waals surface area (Å²) in [4.78, 5) is 0. The van der Waals surface area contributed by atoms with Crippen LogP contribution in [-0.4, -0.2) is 40.6 Å². The molecule has 9 rings (SSSR count). The van der Waals surface area contributed by atoms with Gasteiger partial charge in [-0.1, -0.05) is 156 Å². The van der Waals surface area contributed by atoms with E-state index in [2.05, 4.69) is 142 Å². The summed E-state index contributed by atoms with van der Waals surface area (Å²) in [5.41, 5.74) is 14.3. The fourth-order valence-electron chi connectivity index (χ4n) is 9.54. The van der Waals surface area contributed by atoms with Crippen LogP contribution in [0.2, 0.25) is 0 Å². The number of hydrogen-bond donors (Lipinski definition) is 0. The molecule has 0 saturated carbocycles. The molecule has 0 unspecified atom stereocenters. The second kappa shape index (κ2) is 19.8. The van der Waals surface area contributed by atoms with Gasteiger partial charge in [0.2, 0.25) is 0 Å². The van der Waals surface area contributed by atoms with Crippen molar-refractivity contribution in [3.63, 3.8) is 0 Å². The van der Waals surface area contributed by atoms with Crippen molar-refractivity contribution in [1.29, 1.82) is 0 Å². The monoisotopic (exact) mass is 943 g/mol. The van der Waals surface area contributed by atoms with Gasteiger partial charge >= 0.3 is 0 Å². The van der Waals surface area contributed by atoms with Gasteiger partial charge in [0, 0.05) is 25.7 Å². The van der Waals surface area contributed by atoms with E-state index in [9.17, 15) is 0 Å². The molecule has 2 aliphatic heterocycles. The number of rotatable bonds is 2. The number of methoxy groups -OCH3 is 2. The lowest BCUT2D eigenvalue weighted by Crippen LogP contribution is -2.18.